The van der Waals surface area contributed by atoms with Gasteiger partial charge in [-0.05, 0) is 23.8 Å². The van der Waals surface area contributed by atoms with Gasteiger partial charge in [0.05, 0.1) is 30.7 Å². The van der Waals surface area contributed by atoms with Crippen molar-refractivity contribution in [1.29, 1.82) is 5.26 Å². The van der Waals surface area contributed by atoms with Crippen LogP contribution in [0.5, 0.6) is 0 Å². The molecule has 102 valence electrons. The first-order valence-corrected chi connectivity index (χ1v) is 6.48. The summed E-state index contributed by atoms with van der Waals surface area (Å²) in [6.07, 6.45) is 7.30. The lowest BCUT2D eigenvalue weighted by Gasteiger charge is -2.10. The number of benzene rings is 1. The summed E-state index contributed by atoms with van der Waals surface area (Å²) in [5.74, 6) is 0. The van der Waals surface area contributed by atoms with Crippen LogP contribution in [0.15, 0.2) is 55.2 Å². The molecule has 2 aromatic heterocycles. The molecular weight excluding hydrogens is 262 g/mol. The van der Waals surface area contributed by atoms with Crippen LogP contribution in [0.1, 0.15) is 5.56 Å². The van der Waals surface area contributed by atoms with E-state index in [1.807, 2.05) is 28.8 Å². The second-order valence-electron chi connectivity index (χ2n) is 4.61. The molecule has 0 amide bonds. The van der Waals surface area contributed by atoms with Crippen molar-refractivity contribution >= 4 is 5.69 Å². The van der Waals surface area contributed by atoms with Crippen LogP contribution in [-0.2, 0) is 6.42 Å². The van der Waals surface area contributed by atoms with Crippen LogP contribution < -0.4 is 5.73 Å². The maximum Gasteiger partial charge on any atom is 0.0997 e. The summed E-state index contributed by atoms with van der Waals surface area (Å²) in [7, 11) is 0. The Hall–Kier alpha value is -3.13. The number of hydrogen-bond acceptors (Lipinski definition) is 4. The van der Waals surface area contributed by atoms with Crippen LogP contribution in [0.4, 0.5) is 5.69 Å². The van der Waals surface area contributed by atoms with Gasteiger partial charge >= 0.3 is 0 Å². The van der Waals surface area contributed by atoms with E-state index in [0.717, 1.165) is 22.5 Å². The van der Waals surface area contributed by atoms with Crippen LogP contribution in [0.2, 0.25) is 0 Å². The minimum Gasteiger partial charge on any atom is -0.398 e. The number of nitrogen functional groups attached to an aromatic ring is 1. The molecule has 3 rings (SSSR count). The molecule has 0 saturated carbocycles. The lowest BCUT2D eigenvalue weighted by atomic mass is 10.1. The molecule has 0 bridgehead atoms. The number of pyridine rings is 1. The van der Waals surface area contributed by atoms with Gasteiger partial charge in [0.2, 0.25) is 0 Å². The van der Waals surface area contributed by atoms with Gasteiger partial charge in [0, 0.05) is 29.3 Å². The van der Waals surface area contributed by atoms with Gasteiger partial charge in [0.1, 0.15) is 0 Å². The average molecular weight is 275 g/mol. The number of hydrogen-bond donors (Lipinski definition) is 1. The molecule has 2 N–H and O–H groups in total. The first kappa shape index (κ1) is 12.9. The van der Waals surface area contributed by atoms with Crippen LogP contribution >= 0.6 is 0 Å². The van der Waals surface area contributed by atoms with Crippen molar-refractivity contribution in [3.63, 3.8) is 0 Å². The number of nitrogens with zero attached hydrogens (tertiary/aromatic N) is 4. The molecule has 0 fully saturated rings. The minimum atomic E-state index is 0.409. The Morgan fingerprint density at radius 1 is 1.10 bits per heavy atom. The van der Waals surface area contributed by atoms with E-state index in [-0.39, 0.29) is 0 Å². The average Bonchev–Trinajstić information content (AvgIpc) is 2.98. The molecule has 0 radical (unpaired) electrons. The third-order valence-corrected chi connectivity index (χ3v) is 3.27. The van der Waals surface area contributed by atoms with E-state index in [1.54, 1.807) is 31.0 Å². The summed E-state index contributed by atoms with van der Waals surface area (Å²) in [5.41, 5.74) is 10.3. The molecule has 0 unspecified atom stereocenters. The summed E-state index contributed by atoms with van der Waals surface area (Å²) in [6.45, 7) is 0. The van der Waals surface area contributed by atoms with Gasteiger partial charge in [-0.3, -0.25) is 9.55 Å². The summed E-state index contributed by atoms with van der Waals surface area (Å²) >= 11 is 0. The highest BCUT2D eigenvalue weighted by atomic mass is 15.1. The highest BCUT2D eigenvalue weighted by Gasteiger charge is 2.10. The van der Waals surface area contributed by atoms with Crippen molar-refractivity contribution in [2.75, 3.05) is 5.73 Å². The molecule has 21 heavy (non-hydrogen) atoms. The van der Waals surface area contributed by atoms with Crippen molar-refractivity contribution in [3.8, 4) is 23.0 Å². The third kappa shape index (κ3) is 2.47. The van der Waals surface area contributed by atoms with Gasteiger partial charge in [-0.25, -0.2) is 4.98 Å². The van der Waals surface area contributed by atoms with E-state index < -0.39 is 0 Å². The van der Waals surface area contributed by atoms with Crippen LogP contribution in [0, 0.1) is 11.3 Å². The Kier molecular flexibility index (Phi) is 3.36. The minimum absolute atomic E-state index is 0.409. The summed E-state index contributed by atoms with van der Waals surface area (Å²) in [6, 6.07) is 11.7. The third-order valence-electron chi connectivity index (χ3n) is 3.27. The smallest absolute Gasteiger partial charge is 0.0997 e. The molecule has 2 heterocycles. The van der Waals surface area contributed by atoms with Crippen molar-refractivity contribution in [2.24, 2.45) is 0 Å². The quantitative estimate of drug-likeness (QED) is 0.796. The molecule has 0 saturated heterocycles. The second kappa shape index (κ2) is 5.47. The summed E-state index contributed by atoms with van der Waals surface area (Å²) in [5, 5.41) is 8.71. The zero-order valence-corrected chi connectivity index (χ0v) is 11.3. The Bertz CT molecular complexity index is 796. The van der Waals surface area contributed by atoms with E-state index in [9.17, 15) is 0 Å². The fraction of sp³-hybridized carbons (Fsp3) is 0.0625. The predicted molar refractivity (Wildman–Crippen MR) is 80.5 cm³/mol. The first-order chi connectivity index (χ1) is 10.3. The van der Waals surface area contributed by atoms with Gasteiger partial charge in [-0.15, -0.1) is 0 Å². The number of anilines is 1. The molecule has 0 spiro atoms. The number of rotatable bonds is 3. The fourth-order valence-corrected chi connectivity index (χ4v) is 2.18. The molecular formula is C16H13N5. The number of aromatic nitrogens is 3. The van der Waals surface area contributed by atoms with Crippen LogP contribution in [0.3, 0.4) is 0 Å². The zero-order valence-electron chi connectivity index (χ0n) is 11.3. The number of nitriles is 1. The molecule has 1 aromatic carbocycles. The Balaban J connectivity index is 2.03. The highest BCUT2D eigenvalue weighted by molar-refractivity contribution is 5.73. The molecule has 5 heteroatoms. The van der Waals surface area contributed by atoms with E-state index in [0.29, 0.717) is 12.1 Å². The van der Waals surface area contributed by atoms with Gasteiger partial charge in [0.15, 0.2) is 0 Å². The monoisotopic (exact) mass is 275 g/mol. The maximum absolute atomic E-state index is 8.71. The maximum atomic E-state index is 8.71. The van der Waals surface area contributed by atoms with E-state index in [2.05, 4.69) is 16.0 Å². The van der Waals surface area contributed by atoms with Crippen molar-refractivity contribution in [3.05, 3.63) is 60.8 Å². The predicted octanol–water partition coefficient (Wildman–Crippen LogP) is 2.58. The molecule has 0 aliphatic heterocycles. The van der Waals surface area contributed by atoms with E-state index >= 15 is 0 Å². The molecule has 0 aliphatic rings. The fourth-order valence-electron chi connectivity index (χ4n) is 2.18. The van der Waals surface area contributed by atoms with E-state index in [4.69, 9.17) is 11.0 Å². The molecule has 0 atom stereocenters. The zero-order chi connectivity index (χ0) is 14.7. The van der Waals surface area contributed by atoms with Crippen LogP contribution in [0.25, 0.3) is 16.9 Å². The Morgan fingerprint density at radius 2 is 1.90 bits per heavy atom. The van der Waals surface area contributed by atoms with Gasteiger partial charge < -0.3 is 5.73 Å². The highest BCUT2D eigenvalue weighted by Crippen LogP contribution is 2.26. The normalized spacial score (nSPS) is 10.2. The second-order valence-corrected chi connectivity index (χ2v) is 4.61. The number of nitrogens with two attached hydrogens (primary N) is 1. The SMILES string of the molecule is N#CCc1ccc(-n2cncc2-c2cnccc2N)cc1. The van der Waals surface area contributed by atoms with Crippen molar-refractivity contribution in [2.45, 2.75) is 6.42 Å². The topological polar surface area (TPSA) is 80.5 Å². The lowest BCUT2D eigenvalue weighted by Crippen LogP contribution is -1.98. The summed E-state index contributed by atoms with van der Waals surface area (Å²) in [4.78, 5) is 8.32. The lowest BCUT2D eigenvalue weighted by molar-refractivity contribution is 1.06. The first-order valence-electron chi connectivity index (χ1n) is 6.48. The Morgan fingerprint density at radius 3 is 2.62 bits per heavy atom. The van der Waals surface area contributed by atoms with Gasteiger partial charge in [0.25, 0.3) is 0 Å². The van der Waals surface area contributed by atoms with Gasteiger partial charge in [-0.1, -0.05) is 12.1 Å². The van der Waals surface area contributed by atoms with E-state index in [1.165, 1.54) is 0 Å². The van der Waals surface area contributed by atoms with Crippen molar-refractivity contribution in [1.82, 2.24) is 14.5 Å². The Labute approximate surface area is 122 Å². The van der Waals surface area contributed by atoms with Crippen LogP contribution in [-0.4, -0.2) is 14.5 Å². The molecule has 0 aliphatic carbocycles. The number of imidazole rings is 1. The largest absolute Gasteiger partial charge is 0.398 e. The molecule has 5 nitrogen and oxygen atoms in total. The van der Waals surface area contributed by atoms with Crippen molar-refractivity contribution < 1.29 is 0 Å². The molecule has 3 aromatic rings. The standard InChI is InChI=1S/C16H13N5/c17-7-5-12-1-3-13(4-2-12)21-11-20-10-16(21)14-9-19-8-6-15(14)18/h1-4,6,8-11H,5H2,(H2,18,19). The van der Waals surface area contributed by atoms with Gasteiger partial charge in [-0.2, -0.15) is 5.26 Å². The summed E-state index contributed by atoms with van der Waals surface area (Å²) < 4.78 is 1.95.